The lowest BCUT2D eigenvalue weighted by Gasteiger charge is -2.19. The van der Waals surface area contributed by atoms with E-state index in [1.54, 1.807) is 0 Å². The second kappa shape index (κ2) is 8.16. The van der Waals surface area contributed by atoms with Crippen LogP contribution in [0.2, 0.25) is 0 Å². The number of unbranched alkanes of at least 4 members (excludes halogenated alkanes) is 2. The third kappa shape index (κ3) is 6.87. The molecule has 0 radical (unpaired) electrons. The van der Waals surface area contributed by atoms with Crippen LogP contribution in [0.4, 0.5) is 0 Å². The first kappa shape index (κ1) is 17.7. The van der Waals surface area contributed by atoms with E-state index in [1.807, 2.05) is 11.3 Å². The average molecular weight is 297 g/mol. The summed E-state index contributed by atoms with van der Waals surface area (Å²) in [4.78, 5) is 5.37. The fourth-order valence-corrected chi connectivity index (χ4v) is 3.18. The molecule has 0 amide bonds. The van der Waals surface area contributed by atoms with Crippen molar-refractivity contribution in [1.82, 2.24) is 10.2 Å². The highest BCUT2D eigenvalue weighted by molar-refractivity contribution is 7.12. The minimum Gasteiger partial charge on any atom is -0.307 e. The first-order chi connectivity index (χ1) is 9.31. The lowest BCUT2D eigenvalue weighted by atomic mass is 10.1. The molecule has 0 saturated heterocycles. The van der Waals surface area contributed by atoms with Gasteiger partial charge in [0.15, 0.2) is 0 Å². The van der Waals surface area contributed by atoms with Gasteiger partial charge in [0.05, 0.1) is 0 Å². The fraction of sp³-hybridized carbons (Fsp3) is 0.765. The van der Waals surface area contributed by atoms with Gasteiger partial charge in [0.25, 0.3) is 0 Å². The SMILES string of the molecule is CCCCCN(C)Cc1cc(CNC(C)(C)C)sc1C. The van der Waals surface area contributed by atoms with Crippen LogP contribution in [0, 0.1) is 6.92 Å². The van der Waals surface area contributed by atoms with E-state index in [-0.39, 0.29) is 5.54 Å². The third-order valence-corrected chi connectivity index (χ3v) is 4.54. The number of hydrogen-bond donors (Lipinski definition) is 1. The normalized spacial score (nSPS) is 12.3. The molecule has 0 aromatic carbocycles. The zero-order valence-electron chi connectivity index (χ0n) is 14.2. The Morgan fingerprint density at radius 3 is 2.55 bits per heavy atom. The Kier molecular flexibility index (Phi) is 7.21. The molecular formula is C17H32N2S. The third-order valence-electron chi connectivity index (χ3n) is 3.45. The number of thiophene rings is 1. The van der Waals surface area contributed by atoms with E-state index in [2.05, 4.69) is 57.9 Å². The Hall–Kier alpha value is -0.380. The van der Waals surface area contributed by atoms with Crippen LogP contribution in [-0.4, -0.2) is 24.0 Å². The van der Waals surface area contributed by atoms with Gasteiger partial charge >= 0.3 is 0 Å². The van der Waals surface area contributed by atoms with Gasteiger partial charge in [-0.25, -0.2) is 0 Å². The summed E-state index contributed by atoms with van der Waals surface area (Å²) >= 11 is 1.94. The van der Waals surface area contributed by atoms with Gasteiger partial charge < -0.3 is 10.2 Å². The summed E-state index contributed by atoms with van der Waals surface area (Å²) in [5.41, 5.74) is 1.69. The molecule has 0 aliphatic heterocycles. The van der Waals surface area contributed by atoms with E-state index in [0.717, 1.165) is 13.1 Å². The van der Waals surface area contributed by atoms with Gasteiger partial charge in [-0.3, -0.25) is 0 Å². The highest BCUT2D eigenvalue weighted by Crippen LogP contribution is 2.23. The van der Waals surface area contributed by atoms with Gasteiger partial charge in [-0.2, -0.15) is 0 Å². The monoisotopic (exact) mass is 296 g/mol. The number of nitrogens with zero attached hydrogens (tertiary/aromatic N) is 1. The molecule has 116 valence electrons. The molecule has 1 aromatic heterocycles. The molecule has 1 N–H and O–H groups in total. The minimum atomic E-state index is 0.189. The Balaban J connectivity index is 2.48. The molecule has 0 spiro atoms. The van der Waals surface area contributed by atoms with Crippen molar-refractivity contribution >= 4 is 11.3 Å². The summed E-state index contributed by atoms with van der Waals surface area (Å²) in [6, 6.07) is 2.38. The molecule has 2 nitrogen and oxygen atoms in total. The molecule has 0 aliphatic carbocycles. The maximum Gasteiger partial charge on any atom is 0.0304 e. The van der Waals surface area contributed by atoms with E-state index in [9.17, 15) is 0 Å². The van der Waals surface area contributed by atoms with Crippen LogP contribution in [0.3, 0.4) is 0 Å². The summed E-state index contributed by atoms with van der Waals surface area (Å²) in [6.07, 6.45) is 3.95. The molecule has 1 aromatic rings. The molecule has 0 unspecified atom stereocenters. The molecule has 0 fully saturated rings. The number of nitrogens with one attached hydrogen (secondary N) is 1. The maximum absolute atomic E-state index is 3.57. The molecule has 1 rings (SSSR count). The van der Waals surface area contributed by atoms with Crippen LogP contribution in [0.25, 0.3) is 0 Å². The Labute approximate surface area is 129 Å². The van der Waals surface area contributed by atoms with Crippen molar-refractivity contribution in [2.45, 2.75) is 72.5 Å². The van der Waals surface area contributed by atoms with E-state index < -0.39 is 0 Å². The van der Waals surface area contributed by atoms with E-state index >= 15 is 0 Å². The van der Waals surface area contributed by atoms with Gasteiger partial charge in [0.2, 0.25) is 0 Å². The van der Waals surface area contributed by atoms with Crippen molar-refractivity contribution in [2.75, 3.05) is 13.6 Å². The van der Waals surface area contributed by atoms with Crippen LogP contribution in [0.15, 0.2) is 6.07 Å². The largest absolute Gasteiger partial charge is 0.307 e. The molecule has 3 heteroatoms. The minimum absolute atomic E-state index is 0.189. The summed E-state index contributed by atoms with van der Waals surface area (Å²) < 4.78 is 0. The predicted molar refractivity (Wildman–Crippen MR) is 91.5 cm³/mol. The number of hydrogen-bond acceptors (Lipinski definition) is 3. The molecule has 0 bridgehead atoms. The zero-order valence-corrected chi connectivity index (χ0v) is 15.0. The number of aryl methyl sites for hydroxylation is 1. The van der Waals surface area contributed by atoms with Gasteiger partial charge in [-0.1, -0.05) is 19.8 Å². The van der Waals surface area contributed by atoms with Crippen molar-refractivity contribution in [3.8, 4) is 0 Å². The van der Waals surface area contributed by atoms with Gasteiger partial charge in [-0.05, 0) is 59.3 Å². The first-order valence-electron chi connectivity index (χ1n) is 7.83. The highest BCUT2D eigenvalue weighted by Gasteiger charge is 2.12. The lowest BCUT2D eigenvalue weighted by molar-refractivity contribution is 0.318. The topological polar surface area (TPSA) is 15.3 Å². The van der Waals surface area contributed by atoms with E-state index in [0.29, 0.717) is 0 Å². The van der Waals surface area contributed by atoms with Crippen LogP contribution >= 0.6 is 11.3 Å². The average Bonchev–Trinajstić information content (AvgIpc) is 2.67. The molecular weight excluding hydrogens is 264 g/mol. The predicted octanol–water partition coefficient (Wildman–Crippen LogP) is 4.57. The Bertz CT molecular complexity index is 390. The smallest absolute Gasteiger partial charge is 0.0304 e. The standard InChI is InChI=1S/C17H32N2S/c1-7-8-9-10-19(6)13-15-11-16(20-14(15)2)12-18-17(3,4)5/h11,18H,7-10,12-13H2,1-6H3. The van der Waals surface area contributed by atoms with Crippen LogP contribution in [0.5, 0.6) is 0 Å². The van der Waals surface area contributed by atoms with Crippen molar-refractivity contribution in [3.05, 3.63) is 21.4 Å². The van der Waals surface area contributed by atoms with Crippen LogP contribution in [0.1, 0.15) is 62.3 Å². The molecule has 20 heavy (non-hydrogen) atoms. The van der Waals surface area contributed by atoms with Gasteiger partial charge in [0, 0.05) is 28.4 Å². The number of rotatable bonds is 8. The van der Waals surface area contributed by atoms with E-state index in [4.69, 9.17) is 0 Å². The molecule has 0 aliphatic rings. The lowest BCUT2D eigenvalue weighted by Crippen LogP contribution is -2.34. The fourth-order valence-electron chi connectivity index (χ4n) is 2.19. The quantitative estimate of drug-likeness (QED) is 0.707. The Morgan fingerprint density at radius 2 is 1.95 bits per heavy atom. The maximum atomic E-state index is 3.57. The summed E-state index contributed by atoms with van der Waals surface area (Å²) in [5.74, 6) is 0. The van der Waals surface area contributed by atoms with Gasteiger partial charge in [-0.15, -0.1) is 11.3 Å². The van der Waals surface area contributed by atoms with Crippen LogP contribution < -0.4 is 5.32 Å². The van der Waals surface area contributed by atoms with Crippen LogP contribution in [-0.2, 0) is 13.1 Å². The highest BCUT2D eigenvalue weighted by atomic mass is 32.1. The van der Waals surface area contributed by atoms with Crippen molar-refractivity contribution < 1.29 is 0 Å². The Morgan fingerprint density at radius 1 is 1.25 bits per heavy atom. The zero-order chi connectivity index (χ0) is 15.2. The van der Waals surface area contributed by atoms with Crippen molar-refractivity contribution in [1.29, 1.82) is 0 Å². The molecule has 1 heterocycles. The van der Waals surface area contributed by atoms with Gasteiger partial charge in [0.1, 0.15) is 0 Å². The summed E-state index contributed by atoms with van der Waals surface area (Å²) in [7, 11) is 2.24. The summed E-state index contributed by atoms with van der Waals surface area (Å²) in [5, 5.41) is 3.57. The molecule has 0 saturated carbocycles. The second-order valence-corrected chi connectivity index (χ2v) is 8.18. The molecule has 0 atom stereocenters. The second-order valence-electron chi connectivity index (χ2n) is 6.84. The first-order valence-corrected chi connectivity index (χ1v) is 8.65. The van der Waals surface area contributed by atoms with Crippen molar-refractivity contribution in [3.63, 3.8) is 0 Å². The summed E-state index contributed by atoms with van der Waals surface area (Å²) in [6.45, 7) is 14.4. The van der Waals surface area contributed by atoms with Crippen molar-refractivity contribution in [2.24, 2.45) is 0 Å². The van der Waals surface area contributed by atoms with E-state index in [1.165, 1.54) is 41.1 Å².